The van der Waals surface area contributed by atoms with E-state index in [0.29, 0.717) is 12.1 Å². The van der Waals surface area contributed by atoms with E-state index in [4.69, 9.17) is 10.5 Å². The van der Waals surface area contributed by atoms with Crippen LogP contribution in [0.2, 0.25) is 0 Å². The fourth-order valence-corrected chi connectivity index (χ4v) is 5.26. The van der Waals surface area contributed by atoms with Crippen molar-refractivity contribution in [2.45, 2.75) is 17.2 Å². The summed E-state index contributed by atoms with van der Waals surface area (Å²) in [5, 5.41) is 1.14. The lowest BCUT2D eigenvalue weighted by molar-refractivity contribution is -0.143. The molecule has 0 saturated carbocycles. The molecule has 0 unspecified atom stereocenters. The molecular weight excluding hydrogens is 556 g/mol. The molecule has 2 aromatic carbocycles. The van der Waals surface area contributed by atoms with Crippen LogP contribution in [0.5, 0.6) is 0 Å². The van der Waals surface area contributed by atoms with E-state index in [-0.39, 0.29) is 60.9 Å². The van der Waals surface area contributed by atoms with Crippen LogP contribution >= 0.6 is 0 Å². The number of hydrogen-bond acceptors (Lipinski definition) is 7. The van der Waals surface area contributed by atoms with Crippen LogP contribution < -0.4 is 11.2 Å². The van der Waals surface area contributed by atoms with Crippen molar-refractivity contribution < 1.29 is 44.3 Å². The highest BCUT2D eigenvalue weighted by Crippen LogP contribution is 2.36. The molecule has 1 amide bonds. The molecule has 2 aliphatic rings. The number of nitrogens with two attached hydrogens (primary N) is 1. The second-order valence-electron chi connectivity index (χ2n) is 8.47. The number of halogens is 6. The zero-order valence-corrected chi connectivity index (χ0v) is 20.7. The molecule has 2 aliphatic heterocycles. The summed E-state index contributed by atoms with van der Waals surface area (Å²) in [5.41, 5.74) is 4.66. The van der Waals surface area contributed by atoms with Gasteiger partial charge in [0.25, 0.3) is 5.91 Å². The Morgan fingerprint density at radius 1 is 0.974 bits per heavy atom. The molecule has 2 aromatic rings. The van der Waals surface area contributed by atoms with Crippen LogP contribution in [0, 0.1) is 0 Å². The van der Waals surface area contributed by atoms with Gasteiger partial charge in [0.05, 0.1) is 34.8 Å². The Kier molecular flexibility index (Phi) is 7.64. The summed E-state index contributed by atoms with van der Waals surface area (Å²) >= 11 is 0. The van der Waals surface area contributed by atoms with Gasteiger partial charge in [0.2, 0.25) is 10.0 Å². The van der Waals surface area contributed by atoms with Crippen LogP contribution in [0.3, 0.4) is 0 Å². The first-order valence-electron chi connectivity index (χ1n) is 11.2. The second kappa shape index (κ2) is 10.5. The number of morpholine rings is 1. The van der Waals surface area contributed by atoms with Gasteiger partial charge in [-0.2, -0.15) is 30.6 Å². The molecule has 0 atom stereocenters. The molecule has 39 heavy (non-hydrogen) atoms. The first-order valence-corrected chi connectivity index (χ1v) is 12.7. The molecular formula is C23H21F6N5O4S. The third-order valence-corrected chi connectivity index (χ3v) is 7.73. The maximum atomic E-state index is 13.2. The number of alkyl halides is 6. The number of carbonyl (C=O) groups excluding carboxylic acids is 1. The van der Waals surface area contributed by atoms with Gasteiger partial charge in [-0.25, -0.2) is 13.4 Å². The quantitative estimate of drug-likeness (QED) is 0.403. The molecule has 1 fully saturated rings. The number of nitrogens with zero attached hydrogens (tertiary/aromatic N) is 3. The second-order valence-corrected chi connectivity index (χ2v) is 10.4. The third kappa shape index (κ3) is 6.34. The topological polar surface area (TPSA) is 117 Å². The number of sulfonamides is 1. The number of amides is 1. The van der Waals surface area contributed by atoms with E-state index in [9.17, 15) is 39.6 Å². The molecule has 16 heteroatoms. The summed E-state index contributed by atoms with van der Waals surface area (Å²) in [6.07, 6.45) is -8.90. The van der Waals surface area contributed by atoms with Crippen LogP contribution in [-0.2, 0) is 31.9 Å². The molecule has 0 bridgehead atoms. The van der Waals surface area contributed by atoms with E-state index in [1.807, 2.05) is 0 Å². The lowest BCUT2D eigenvalue weighted by Gasteiger charge is -2.26. The number of carbonyl (C=O) groups is 1. The summed E-state index contributed by atoms with van der Waals surface area (Å²) in [6.45, 7) is 0.631. The number of primary amides is 1. The maximum absolute atomic E-state index is 13.2. The Hall–Kier alpha value is -3.63. The van der Waals surface area contributed by atoms with E-state index in [2.05, 4.69) is 10.4 Å². The lowest BCUT2D eigenvalue weighted by Crippen LogP contribution is -2.40. The Balaban J connectivity index is 1.57. The molecule has 1 saturated heterocycles. The summed E-state index contributed by atoms with van der Waals surface area (Å²) in [6, 6.07) is 6.34. The summed E-state index contributed by atoms with van der Waals surface area (Å²) in [7, 11) is -3.80. The van der Waals surface area contributed by atoms with Crippen LogP contribution in [0.1, 0.15) is 22.3 Å². The first kappa shape index (κ1) is 28.4. The van der Waals surface area contributed by atoms with Crippen LogP contribution in [0.4, 0.5) is 26.3 Å². The van der Waals surface area contributed by atoms with Crippen molar-refractivity contribution >= 4 is 27.3 Å². The van der Waals surface area contributed by atoms with Gasteiger partial charge in [0.15, 0.2) is 0 Å². The van der Waals surface area contributed by atoms with Crippen molar-refractivity contribution in [2.75, 3.05) is 33.0 Å². The van der Waals surface area contributed by atoms with Crippen LogP contribution in [0.25, 0.3) is 5.57 Å². The van der Waals surface area contributed by atoms with Crippen molar-refractivity contribution in [3.8, 4) is 0 Å². The van der Waals surface area contributed by atoms with E-state index in [1.165, 1.54) is 34.8 Å². The fourth-order valence-electron chi connectivity index (χ4n) is 3.85. The van der Waals surface area contributed by atoms with Gasteiger partial charge in [0.1, 0.15) is 12.5 Å². The van der Waals surface area contributed by atoms with Crippen LogP contribution in [0.15, 0.2) is 58.6 Å². The highest BCUT2D eigenvalue weighted by molar-refractivity contribution is 7.89. The number of hydrazine groups is 1. The minimum Gasteiger partial charge on any atom is -0.379 e. The molecule has 0 spiro atoms. The fraction of sp³-hybridized carbons (Fsp3) is 0.304. The molecule has 0 aliphatic carbocycles. The summed E-state index contributed by atoms with van der Waals surface area (Å²) in [5.74, 6) is -1.22. The average Bonchev–Trinajstić information content (AvgIpc) is 3.35. The van der Waals surface area contributed by atoms with E-state index in [0.717, 1.165) is 5.01 Å². The van der Waals surface area contributed by atoms with Gasteiger partial charge in [-0.05, 0) is 35.9 Å². The Bertz CT molecular complexity index is 1380. The predicted molar refractivity (Wildman–Crippen MR) is 126 cm³/mol. The average molecular weight is 578 g/mol. The number of hydrogen-bond donors (Lipinski definition) is 2. The number of rotatable bonds is 6. The number of nitrogens with one attached hydrogen (secondary N) is 1. The largest absolute Gasteiger partial charge is 0.416 e. The third-order valence-electron chi connectivity index (χ3n) is 5.82. The lowest BCUT2D eigenvalue weighted by atomic mass is 10.0. The highest BCUT2D eigenvalue weighted by Gasteiger charge is 2.37. The monoisotopic (exact) mass is 577 g/mol. The predicted octanol–water partition coefficient (Wildman–Crippen LogP) is 2.80. The van der Waals surface area contributed by atoms with E-state index >= 15 is 0 Å². The Morgan fingerprint density at radius 3 is 2.05 bits per heavy atom. The van der Waals surface area contributed by atoms with Gasteiger partial charge in [0, 0.05) is 24.9 Å². The molecule has 2 heterocycles. The number of amidine groups is 1. The molecule has 3 N–H and O–H groups in total. The highest BCUT2D eigenvalue weighted by atomic mass is 32.2. The van der Waals surface area contributed by atoms with Gasteiger partial charge in [-0.3, -0.25) is 15.2 Å². The SMILES string of the molecule is NC(=O)/C(=C/N1CN=C(c2cc(C(F)(F)F)cc(C(F)(F)F)c2)N1)c1ccc(S(=O)(=O)N2CCOCC2)cc1. The van der Waals surface area contributed by atoms with Gasteiger partial charge in [-0.1, -0.05) is 12.1 Å². The van der Waals surface area contributed by atoms with Gasteiger partial charge in [-0.15, -0.1) is 0 Å². The zero-order valence-electron chi connectivity index (χ0n) is 19.9. The Labute approximate surface area is 218 Å². The normalized spacial score (nSPS) is 17.6. The van der Waals surface area contributed by atoms with Crippen molar-refractivity contribution in [1.29, 1.82) is 0 Å². The zero-order chi connectivity index (χ0) is 28.6. The Morgan fingerprint density at radius 2 is 1.54 bits per heavy atom. The van der Waals surface area contributed by atoms with E-state index < -0.39 is 45.0 Å². The first-order chi connectivity index (χ1) is 18.2. The maximum Gasteiger partial charge on any atom is 0.416 e. The minimum absolute atomic E-state index is 0.00476. The van der Waals surface area contributed by atoms with Crippen LogP contribution in [-0.4, -0.2) is 62.4 Å². The van der Waals surface area contributed by atoms with E-state index in [1.54, 1.807) is 0 Å². The summed E-state index contributed by atoms with van der Waals surface area (Å²) < 4.78 is 111. The van der Waals surface area contributed by atoms with Crippen molar-refractivity contribution in [1.82, 2.24) is 14.7 Å². The molecule has 9 nitrogen and oxygen atoms in total. The van der Waals surface area contributed by atoms with Gasteiger partial charge >= 0.3 is 12.4 Å². The minimum atomic E-state index is -5.03. The van der Waals surface area contributed by atoms with Gasteiger partial charge < -0.3 is 10.5 Å². The number of aliphatic imine (C=N–C) groups is 1. The molecule has 210 valence electrons. The summed E-state index contributed by atoms with van der Waals surface area (Å²) in [4.78, 5) is 16.1. The number of benzene rings is 2. The van der Waals surface area contributed by atoms with Crippen molar-refractivity contribution in [3.05, 3.63) is 70.9 Å². The van der Waals surface area contributed by atoms with Crippen molar-refractivity contribution in [3.63, 3.8) is 0 Å². The molecule has 0 radical (unpaired) electrons. The smallest absolute Gasteiger partial charge is 0.379 e. The number of ether oxygens (including phenoxy) is 1. The van der Waals surface area contributed by atoms with Crippen molar-refractivity contribution in [2.24, 2.45) is 10.7 Å². The molecule has 0 aromatic heterocycles. The standard InChI is InChI=1S/C23H21F6N5O4S/c24-22(25,26)16-9-15(10-17(11-16)23(27,28)29)21-31-13-33(32-21)12-19(20(30)35)14-1-3-18(4-2-14)39(36,37)34-5-7-38-8-6-34/h1-4,9-12H,5-8,13H2,(H2,30,35)(H,31,32)/b19-12+. The molecule has 4 rings (SSSR count).